The van der Waals surface area contributed by atoms with Gasteiger partial charge in [-0.05, 0) is 31.0 Å². The van der Waals surface area contributed by atoms with Gasteiger partial charge in [-0.2, -0.15) is 0 Å². The number of aryl methyl sites for hydroxylation is 1. The first-order valence-electron chi connectivity index (χ1n) is 7.65. The second-order valence-corrected chi connectivity index (χ2v) is 6.84. The number of benzene rings is 1. The zero-order chi connectivity index (χ0) is 17.1. The second-order valence-electron chi connectivity index (χ2n) is 5.68. The highest BCUT2D eigenvalue weighted by Gasteiger charge is 2.36. The summed E-state index contributed by atoms with van der Waals surface area (Å²) in [6.07, 6.45) is 0.799. The van der Waals surface area contributed by atoms with E-state index in [0.29, 0.717) is 24.6 Å². The maximum Gasteiger partial charge on any atom is 0.229 e. The third-order valence-electron chi connectivity index (χ3n) is 3.87. The fourth-order valence-corrected chi connectivity index (χ4v) is 3.30. The average Bonchev–Trinajstić information content (AvgIpc) is 3.15. The van der Waals surface area contributed by atoms with Crippen LogP contribution in [0.25, 0.3) is 0 Å². The van der Waals surface area contributed by atoms with Crippen LogP contribution in [0.1, 0.15) is 17.0 Å². The van der Waals surface area contributed by atoms with Crippen LogP contribution in [0.3, 0.4) is 0 Å². The molecule has 1 saturated heterocycles. The van der Waals surface area contributed by atoms with E-state index in [-0.39, 0.29) is 30.0 Å². The molecule has 1 aromatic carbocycles. The third kappa shape index (κ3) is 3.76. The van der Waals surface area contributed by atoms with E-state index < -0.39 is 0 Å². The first-order chi connectivity index (χ1) is 11.5. The Morgan fingerprint density at radius 3 is 2.79 bits per heavy atom. The first-order valence-corrected chi connectivity index (χ1v) is 8.47. The fraction of sp³-hybridized carbons (Fsp3) is 0.375. The highest BCUT2D eigenvalue weighted by atomic mass is 32.1. The normalized spacial score (nSPS) is 17.3. The highest BCUT2D eigenvalue weighted by molar-refractivity contribution is 7.15. The van der Waals surface area contributed by atoms with E-state index in [1.54, 1.807) is 12.1 Å². The summed E-state index contributed by atoms with van der Waals surface area (Å²) in [6, 6.07) is 6.18. The Balaban J connectivity index is 1.50. The molecular formula is C16H17FN4O2S. The molecule has 24 heavy (non-hydrogen) atoms. The highest BCUT2D eigenvalue weighted by Crippen LogP contribution is 2.27. The first kappa shape index (κ1) is 16.5. The summed E-state index contributed by atoms with van der Waals surface area (Å²) >= 11 is 1.34. The van der Waals surface area contributed by atoms with Crippen molar-refractivity contribution in [1.82, 2.24) is 15.5 Å². The van der Waals surface area contributed by atoms with Gasteiger partial charge in [0.15, 0.2) is 0 Å². The van der Waals surface area contributed by atoms with E-state index in [4.69, 9.17) is 0 Å². The predicted molar refractivity (Wildman–Crippen MR) is 88.2 cm³/mol. The molecule has 1 unspecified atom stereocenters. The Morgan fingerprint density at radius 1 is 1.38 bits per heavy atom. The number of hydrogen-bond acceptors (Lipinski definition) is 5. The number of nitrogens with one attached hydrogen (secondary N) is 1. The summed E-state index contributed by atoms with van der Waals surface area (Å²) in [5.74, 6) is -0.909. The van der Waals surface area contributed by atoms with Crippen LogP contribution in [0.4, 0.5) is 9.52 Å². The number of aromatic nitrogens is 2. The van der Waals surface area contributed by atoms with Gasteiger partial charge in [-0.1, -0.05) is 23.5 Å². The summed E-state index contributed by atoms with van der Waals surface area (Å²) in [6.45, 7) is 2.60. The Hall–Kier alpha value is -2.35. The zero-order valence-corrected chi connectivity index (χ0v) is 14.0. The Morgan fingerprint density at radius 2 is 2.12 bits per heavy atom. The molecule has 0 spiro atoms. The lowest BCUT2D eigenvalue weighted by Gasteiger charge is -2.12. The van der Waals surface area contributed by atoms with Gasteiger partial charge in [-0.15, -0.1) is 10.2 Å². The van der Waals surface area contributed by atoms with Crippen LogP contribution in [-0.2, 0) is 16.0 Å². The molecule has 0 saturated carbocycles. The van der Waals surface area contributed by atoms with Crippen molar-refractivity contribution in [2.45, 2.75) is 19.8 Å². The van der Waals surface area contributed by atoms with Crippen molar-refractivity contribution in [3.8, 4) is 0 Å². The van der Waals surface area contributed by atoms with Gasteiger partial charge in [0.2, 0.25) is 16.9 Å². The van der Waals surface area contributed by atoms with Crippen molar-refractivity contribution in [3.05, 3.63) is 40.7 Å². The van der Waals surface area contributed by atoms with Crippen LogP contribution in [0.15, 0.2) is 24.3 Å². The molecule has 1 aromatic heterocycles. The van der Waals surface area contributed by atoms with Gasteiger partial charge in [0.05, 0.1) is 5.92 Å². The Kier molecular flexibility index (Phi) is 4.84. The molecule has 1 aliphatic heterocycles. The van der Waals surface area contributed by atoms with Crippen LogP contribution in [0.5, 0.6) is 0 Å². The van der Waals surface area contributed by atoms with Gasteiger partial charge in [0, 0.05) is 19.5 Å². The Bertz CT molecular complexity index is 747. The molecule has 126 valence electrons. The standard InChI is InChI=1S/C16H17FN4O2S/c1-10-19-20-16(24-10)21-9-12(8-14(21)22)15(23)18-7-6-11-2-4-13(17)5-3-11/h2-5,12H,6-9H2,1H3,(H,18,23). The Labute approximate surface area is 142 Å². The largest absolute Gasteiger partial charge is 0.355 e. The molecule has 2 heterocycles. The van der Waals surface area contributed by atoms with Crippen molar-refractivity contribution in [2.24, 2.45) is 5.92 Å². The minimum absolute atomic E-state index is 0.107. The monoisotopic (exact) mass is 348 g/mol. The van der Waals surface area contributed by atoms with E-state index in [9.17, 15) is 14.0 Å². The molecule has 1 fully saturated rings. The number of amides is 2. The summed E-state index contributed by atoms with van der Waals surface area (Å²) < 4.78 is 12.8. The minimum atomic E-state index is -0.380. The number of anilines is 1. The molecule has 6 nitrogen and oxygen atoms in total. The number of halogens is 1. The predicted octanol–water partition coefficient (Wildman–Crippen LogP) is 1.70. The third-order valence-corrected chi connectivity index (χ3v) is 4.73. The van der Waals surface area contributed by atoms with Crippen LogP contribution in [-0.4, -0.2) is 35.1 Å². The van der Waals surface area contributed by atoms with Gasteiger partial charge in [0.25, 0.3) is 0 Å². The quantitative estimate of drug-likeness (QED) is 0.892. The smallest absolute Gasteiger partial charge is 0.229 e. The van der Waals surface area contributed by atoms with E-state index >= 15 is 0 Å². The summed E-state index contributed by atoms with van der Waals surface area (Å²) in [5.41, 5.74) is 0.949. The van der Waals surface area contributed by atoms with Crippen molar-refractivity contribution >= 4 is 28.3 Å². The molecule has 3 rings (SSSR count). The summed E-state index contributed by atoms with van der Waals surface area (Å²) in [7, 11) is 0. The summed E-state index contributed by atoms with van der Waals surface area (Å²) in [4.78, 5) is 25.8. The van der Waals surface area contributed by atoms with Gasteiger partial charge < -0.3 is 5.32 Å². The van der Waals surface area contributed by atoms with E-state index in [1.165, 1.54) is 28.4 Å². The minimum Gasteiger partial charge on any atom is -0.355 e. The number of hydrogen-bond donors (Lipinski definition) is 1. The molecule has 1 aliphatic rings. The summed E-state index contributed by atoms with van der Waals surface area (Å²) in [5, 5.41) is 12.0. The van der Waals surface area contributed by atoms with Crippen LogP contribution < -0.4 is 10.2 Å². The lowest BCUT2D eigenvalue weighted by atomic mass is 10.1. The molecule has 8 heteroatoms. The maximum absolute atomic E-state index is 12.8. The topological polar surface area (TPSA) is 75.2 Å². The van der Waals surface area contributed by atoms with Gasteiger partial charge >= 0.3 is 0 Å². The molecule has 1 atom stereocenters. The fourth-order valence-electron chi connectivity index (χ4n) is 2.59. The van der Waals surface area contributed by atoms with Crippen molar-refractivity contribution < 1.29 is 14.0 Å². The number of rotatable bonds is 5. The van der Waals surface area contributed by atoms with Crippen molar-refractivity contribution in [1.29, 1.82) is 0 Å². The number of nitrogens with zero attached hydrogens (tertiary/aromatic N) is 3. The number of carbonyl (C=O) groups is 2. The van der Waals surface area contributed by atoms with E-state index in [1.807, 2.05) is 6.92 Å². The average molecular weight is 348 g/mol. The number of carbonyl (C=O) groups excluding carboxylic acids is 2. The van der Waals surface area contributed by atoms with Crippen LogP contribution >= 0.6 is 11.3 Å². The van der Waals surface area contributed by atoms with E-state index in [0.717, 1.165) is 10.6 Å². The van der Waals surface area contributed by atoms with Gasteiger partial charge in [0.1, 0.15) is 10.8 Å². The lowest BCUT2D eigenvalue weighted by Crippen LogP contribution is -2.34. The molecule has 0 radical (unpaired) electrons. The van der Waals surface area contributed by atoms with Crippen molar-refractivity contribution in [3.63, 3.8) is 0 Å². The van der Waals surface area contributed by atoms with Gasteiger partial charge in [-0.25, -0.2) is 4.39 Å². The van der Waals surface area contributed by atoms with Gasteiger partial charge in [-0.3, -0.25) is 14.5 Å². The second kappa shape index (κ2) is 7.04. The molecule has 0 bridgehead atoms. The van der Waals surface area contributed by atoms with E-state index in [2.05, 4.69) is 15.5 Å². The zero-order valence-electron chi connectivity index (χ0n) is 13.2. The maximum atomic E-state index is 12.8. The lowest BCUT2D eigenvalue weighted by molar-refractivity contribution is -0.126. The van der Waals surface area contributed by atoms with Crippen LogP contribution in [0, 0.1) is 18.7 Å². The molecule has 2 aromatic rings. The van der Waals surface area contributed by atoms with Crippen molar-refractivity contribution in [2.75, 3.05) is 18.0 Å². The van der Waals surface area contributed by atoms with Crippen LogP contribution in [0.2, 0.25) is 0 Å². The molecule has 0 aliphatic carbocycles. The SMILES string of the molecule is Cc1nnc(N2CC(C(=O)NCCc3ccc(F)cc3)CC2=O)s1. The molecular weight excluding hydrogens is 331 g/mol. The molecule has 1 N–H and O–H groups in total. The molecule has 2 amide bonds.